The Morgan fingerprint density at radius 1 is 1.00 bits per heavy atom. The molecule has 1 aromatic heterocycles. The SMILES string of the molecule is COc1nc2c(c(N3CCNCC3)n1)CCN(c1cccc(OC)c1C)C2. The van der Waals surface area contributed by atoms with E-state index in [0.717, 1.165) is 68.5 Å². The van der Waals surface area contributed by atoms with Crippen LogP contribution in [0, 0.1) is 6.92 Å². The summed E-state index contributed by atoms with van der Waals surface area (Å²) in [5.41, 5.74) is 4.67. The highest BCUT2D eigenvalue weighted by Crippen LogP contribution is 2.34. The number of hydrogen-bond acceptors (Lipinski definition) is 7. The molecule has 0 radical (unpaired) electrons. The van der Waals surface area contributed by atoms with Gasteiger partial charge < -0.3 is 24.6 Å². The van der Waals surface area contributed by atoms with Crippen LogP contribution in [0.1, 0.15) is 16.8 Å². The van der Waals surface area contributed by atoms with Gasteiger partial charge in [0.15, 0.2) is 0 Å². The maximum atomic E-state index is 5.50. The summed E-state index contributed by atoms with van der Waals surface area (Å²) in [5.74, 6) is 1.96. The molecule has 2 aromatic rings. The Kier molecular flexibility index (Phi) is 5.03. The van der Waals surface area contributed by atoms with Crippen LogP contribution >= 0.6 is 0 Å². The van der Waals surface area contributed by atoms with Gasteiger partial charge in [-0.05, 0) is 25.5 Å². The third-order valence-corrected chi connectivity index (χ3v) is 5.44. The lowest BCUT2D eigenvalue weighted by Crippen LogP contribution is -2.45. The number of nitrogens with zero attached hydrogens (tertiary/aromatic N) is 4. The van der Waals surface area contributed by atoms with Gasteiger partial charge in [-0.1, -0.05) is 6.07 Å². The molecule has 3 heterocycles. The number of methoxy groups -OCH3 is 2. The van der Waals surface area contributed by atoms with Crippen LogP contribution in [0.2, 0.25) is 0 Å². The lowest BCUT2D eigenvalue weighted by atomic mass is 10.0. The van der Waals surface area contributed by atoms with E-state index in [0.29, 0.717) is 6.01 Å². The third-order valence-electron chi connectivity index (χ3n) is 5.44. The molecule has 7 heteroatoms. The molecule has 1 N–H and O–H groups in total. The number of anilines is 2. The summed E-state index contributed by atoms with van der Waals surface area (Å²) in [6, 6.07) is 6.65. The minimum absolute atomic E-state index is 0.450. The topological polar surface area (TPSA) is 62.8 Å². The standard InChI is InChI=1S/C20H27N5O2/c1-14-17(5-4-6-18(14)26-2)25-10-7-15-16(13-25)22-20(27-3)23-19(15)24-11-8-21-9-12-24/h4-6,21H,7-13H2,1-3H3. The number of rotatable bonds is 4. The molecule has 4 rings (SSSR count). The summed E-state index contributed by atoms with van der Waals surface area (Å²) < 4.78 is 10.9. The predicted octanol–water partition coefficient (Wildman–Crippen LogP) is 1.77. The summed E-state index contributed by atoms with van der Waals surface area (Å²) in [4.78, 5) is 14.1. The third kappa shape index (κ3) is 3.39. The molecule has 144 valence electrons. The van der Waals surface area contributed by atoms with Crippen LogP contribution in [0.25, 0.3) is 0 Å². The first-order chi connectivity index (χ1) is 13.2. The highest BCUT2D eigenvalue weighted by molar-refractivity contribution is 5.61. The Labute approximate surface area is 160 Å². The second-order valence-electron chi connectivity index (χ2n) is 6.97. The molecule has 0 amide bonds. The number of aromatic nitrogens is 2. The Hall–Kier alpha value is -2.54. The van der Waals surface area contributed by atoms with Gasteiger partial charge in [0.25, 0.3) is 0 Å². The molecule has 1 aromatic carbocycles. The van der Waals surface area contributed by atoms with Crippen LogP contribution < -0.4 is 24.6 Å². The summed E-state index contributed by atoms with van der Waals surface area (Å²) >= 11 is 0. The predicted molar refractivity (Wildman–Crippen MR) is 106 cm³/mol. The van der Waals surface area contributed by atoms with Gasteiger partial charge in [0.05, 0.1) is 26.5 Å². The van der Waals surface area contributed by atoms with E-state index in [9.17, 15) is 0 Å². The minimum atomic E-state index is 0.450. The van der Waals surface area contributed by atoms with Crippen molar-refractivity contribution >= 4 is 11.5 Å². The van der Waals surface area contributed by atoms with E-state index in [1.807, 2.05) is 12.1 Å². The smallest absolute Gasteiger partial charge is 0.318 e. The number of piperazine rings is 1. The lowest BCUT2D eigenvalue weighted by Gasteiger charge is -2.35. The average Bonchev–Trinajstić information content (AvgIpc) is 2.73. The van der Waals surface area contributed by atoms with Crippen LogP contribution in [0.4, 0.5) is 11.5 Å². The Balaban J connectivity index is 1.68. The minimum Gasteiger partial charge on any atom is -0.496 e. The normalized spacial score (nSPS) is 16.9. The fraction of sp³-hybridized carbons (Fsp3) is 0.500. The van der Waals surface area contributed by atoms with Crippen molar-refractivity contribution < 1.29 is 9.47 Å². The second-order valence-corrected chi connectivity index (χ2v) is 6.97. The fourth-order valence-corrected chi connectivity index (χ4v) is 3.99. The van der Waals surface area contributed by atoms with Gasteiger partial charge in [0.1, 0.15) is 11.6 Å². The number of fused-ring (bicyclic) bond motifs is 1. The summed E-state index contributed by atoms with van der Waals surface area (Å²) in [5, 5.41) is 3.40. The van der Waals surface area contributed by atoms with Crippen LogP contribution in [-0.2, 0) is 13.0 Å². The van der Waals surface area contributed by atoms with Gasteiger partial charge in [-0.25, -0.2) is 0 Å². The van der Waals surface area contributed by atoms with Gasteiger partial charge in [0, 0.05) is 49.5 Å². The van der Waals surface area contributed by atoms with Crippen molar-refractivity contribution in [2.45, 2.75) is 19.9 Å². The van der Waals surface area contributed by atoms with Gasteiger partial charge >= 0.3 is 6.01 Å². The Morgan fingerprint density at radius 2 is 1.81 bits per heavy atom. The molecular weight excluding hydrogens is 342 g/mol. The maximum Gasteiger partial charge on any atom is 0.318 e. The zero-order valence-electron chi connectivity index (χ0n) is 16.3. The van der Waals surface area contributed by atoms with Crippen molar-refractivity contribution in [1.29, 1.82) is 0 Å². The molecule has 2 aliphatic heterocycles. The fourth-order valence-electron chi connectivity index (χ4n) is 3.99. The van der Waals surface area contributed by atoms with Crippen molar-refractivity contribution in [2.75, 3.05) is 56.7 Å². The molecular formula is C20H27N5O2. The first kappa shape index (κ1) is 17.9. The molecule has 2 aliphatic rings. The number of nitrogens with one attached hydrogen (secondary N) is 1. The molecule has 0 bridgehead atoms. The molecule has 0 unspecified atom stereocenters. The van der Waals surface area contributed by atoms with E-state index in [1.165, 1.54) is 11.3 Å². The van der Waals surface area contributed by atoms with E-state index >= 15 is 0 Å². The molecule has 1 fully saturated rings. The van der Waals surface area contributed by atoms with Crippen LogP contribution in [0.5, 0.6) is 11.8 Å². The van der Waals surface area contributed by atoms with Crippen molar-refractivity contribution in [3.8, 4) is 11.8 Å². The summed E-state index contributed by atoms with van der Waals surface area (Å²) in [6.07, 6.45) is 0.926. The molecule has 0 atom stereocenters. The molecule has 27 heavy (non-hydrogen) atoms. The average molecular weight is 369 g/mol. The molecule has 1 saturated heterocycles. The highest BCUT2D eigenvalue weighted by atomic mass is 16.5. The van der Waals surface area contributed by atoms with Gasteiger partial charge in [0.2, 0.25) is 0 Å². The molecule has 0 saturated carbocycles. The Bertz CT molecular complexity index is 820. The van der Waals surface area contributed by atoms with Crippen LogP contribution in [-0.4, -0.2) is 56.9 Å². The molecule has 0 aliphatic carbocycles. The van der Waals surface area contributed by atoms with Crippen LogP contribution in [0.3, 0.4) is 0 Å². The van der Waals surface area contributed by atoms with Crippen molar-refractivity contribution in [3.05, 3.63) is 35.0 Å². The van der Waals surface area contributed by atoms with E-state index < -0.39 is 0 Å². The first-order valence-corrected chi connectivity index (χ1v) is 9.49. The quantitative estimate of drug-likeness (QED) is 0.881. The lowest BCUT2D eigenvalue weighted by molar-refractivity contribution is 0.376. The first-order valence-electron chi connectivity index (χ1n) is 9.49. The van der Waals surface area contributed by atoms with E-state index in [1.54, 1.807) is 14.2 Å². The van der Waals surface area contributed by atoms with Gasteiger partial charge in [-0.3, -0.25) is 0 Å². The van der Waals surface area contributed by atoms with Gasteiger partial charge in [-0.15, -0.1) is 0 Å². The summed E-state index contributed by atoms with van der Waals surface area (Å²) in [6.45, 7) is 7.69. The van der Waals surface area contributed by atoms with Crippen molar-refractivity contribution in [3.63, 3.8) is 0 Å². The van der Waals surface area contributed by atoms with Crippen molar-refractivity contribution in [1.82, 2.24) is 15.3 Å². The molecule has 7 nitrogen and oxygen atoms in total. The van der Waals surface area contributed by atoms with E-state index in [-0.39, 0.29) is 0 Å². The summed E-state index contributed by atoms with van der Waals surface area (Å²) in [7, 11) is 3.35. The maximum absolute atomic E-state index is 5.50. The molecule has 0 spiro atoms. The number of benzene rings is 1. The number of hydrogen-bond donors (Lipinski definition) is 1. The van der Waals surface area contributed by atoms with Crippen molar-refractivity contribution in [2.24, 2.45) is 0 Å². The largest absolute Gasteiger partial charge is 0.496 e. The number of ether oxygens (including phenoxy) is 2. The Morgan fingerprint density at radius 3 is 2.56 bits per heavy atom. The zero-order valence-corrected chi connectivity index (χ0v) is 16.3. The monoisotopic (exact) mass is 369 g/mol. The van der Waals surface area contributed by atoms with Gasteiger partial charge in [-0.2, -0.15) is 9.97 Å². The highest BCUT2D eigenvalue weighted by Gasteiger charge is 2.27. The van der Waals surface area contributed by atoms with E-state index in [2.05, 4.69) is 33.1 Å². The second kappa shape index (κ2) is 7.60. The van der Waals surface area contributed by atoms with Crippen LogP contribution in [0.15, 0.2) is 18.2 Å². The zero-order chi connectivity index (χ0) is 18.8. The van der Waals surface area contributed by atoms with E-state index in [4.69, 9.17) is 14.5 Å².